The molecule has 2 heterocycles. The number of hydrogen-bond donors (Lipinski definition) is 0. The Labute approximate surface area is 118 Å². The van der Waals surface area contributed by atoms with Crippen LogP contribution >= 0.6 is 0 Å². The molecular weight excluding hydrogens is 276 g/mol. The summed E-state index contributed by atoms with van der Waals surface area (Å²) in [5, 5.41) is 12.9. The zero-order valence-electron chi connectivity index (χ0n) is 11.0. The molecule has 0 aliphatic heterocycles. The monoisotopic (exact) mass is 285 g/mol. The van der Waals surface area contributed by atoms with E-state index in [0.29, 0.717) is 11.3 Å². The van der Waals surface area contributed by atoms with Gasteiger partial charge in [-0.05, 0) is 30.2 Å². The van der Waals surface area contributed by atoms with E-state index in [1.165, 1.54) is 24.0 Å². The van der Waals surface area contributed by atoms with E-state index in [0.717, 1.165) is 12.1 Å². The molecule has 0 aliphatic rings. The van der Waals surface area contributed by atoms with E-state index in [-0.39, 0.29) is 23.2 Å². The van der Waals surface area contributed by atoms with Gasteiger partial charge >= 0.3 is 0 Å². The molecule has 0 aliphatic carbocycles. The van der Waals surface area contributed by atoms with Crippen LogP contribution in [0.5, 0.6) is 0 Å². The summed E-state index contributed by atoms with van der Waals surface area (Å²) in [7, 11) is 0. The predicted molar refractivity (Wildman–Crippen MR) is 69.4 cm³/mol. The Bertz CT molecular complexity index is 879. The van der Waals surface area contributed by atoms with Crippen molar-refractivity contribution in [3.63, 3.8) is 0 Å². The third-order valence-electron chi connectivity index (χ3n) is 3.13. The molecule has 21 heavy (non-hydrogen) atoms. The highest BCUT2D eigenvalue weighted by Crippen LogP contribution is 2.19. The number of nitrogens with zero attached hydrogens (tertiary/aromatic N) is 5. The lowest BCUT2D eigenvalue weighted by molar-refractivity contribution is 0.581. The summed E-state index contributed by atoms with van der Waals surface area (Å²) in [4.78, 5) is 8.13. The van der Waals surface area contributed by atoms with Crippen molar-refractivity contribution in [2.45, 2.75) is 13.3 Å². The average Bonchev–Trinajstić information content (AvgIpc) is 2.93. The molecule has 3 aromatic rings. The number of aryl methyl sites for hydroxylation is 1. The summed E-state index contributed by atoms with van der Waals surface area (Å²) in [5.41, 5.74) is 1.31. The molecule has 0 amide bonds. The fourth-order valence-corrected chi connectivity index (χ4v) is 2.07. The van der Waals surface area contributed by atoms with Crippen molar-refractivity contribution in [3.8, 4) is 6.07 Å². The van der Waals surface area contributed by atoms with Gasteiger partial charge in [-0.1, -0.05) is 0 Å². The van der Waals surface area contributed by atoms with Gasteiger partial charge in [0.05, 0.1) is 11.9 Å². The van der Waals surface area contributed by atoms with Crippen molar-refractivity contribution in [3.05, 3.63) is 58.8 Å². The molecule has 2 aromatic heterocycles. The molecule has 0 spiro atoms. The maximum atomic E-state index is 13.9. The lowest BCUT2D eigenvalue weighted by atomic mass is 10.1. The van der Waals surface area contributed by atoms with Crippen LogP contribution in [0.15, 0.2) is 24.7 Å². The Morgan fingerprint density at radius 2 is 2.10 bits per heavy atom. The van der Waals surface area contributed by atoms with Gasteiger partial charge in [-0.25, -0.2) is 23.3 Å². The molecule has 0 N–H and O–H groups in total. The van der Waals surface area contributed by atoms with Crippen LogP contribution in [-0.2, 0) is 6.42 Å². The molecule has 0 saturated heterocycles. The zero-order chi connectivity index (χ0) is 15.0. The molecule has 0 radical (unpaired) electrons. The number of benzene rings is 1. The Balaban J connectivity index is 2.12. The van der Waals surface area contributed by atoms with Crippen molar-refractivity contribution in [1.82, 2.24) is 19.6 Å². The average molecular weight is 285 g/mol. The van der Waals surface area contributed by atoms with Gasteiger partial charge in [-0.2, -0.15) is 10.4 Å². The second-order valence-corrected chi connectivity index (χ2v) is 4.58. The van der Waals surface area contributed by atoms with Crippen LogP contribution in [-0.4, -0.2) is 19.6 Å². The molecule has 5 nitrogen and oxygen atoms in total. The molecule has 0 fully saturated rings. The minimum absolute atomic E-state index is 0.0285. The van der Waals surface area contributed by atoms with E-state index >= 15 is 0 Å². The number of nitriles is 1. The quantitative estimate of drug-likeness (QED) is 0.723. The maximum Gasteiger partial charge on any atom is 0.177 e. The smallest absolute Gasteiger partial charge is 0.177 e. The van der Waals surface area contributed by atoms with Crippen LogP contribution in [0, 0.1) is 29.9 Å². The number of halogens is 2. The van der Waals surface area contributed by atoms with Gasteiger partial charge in [0.25, 0.3) is 0 Å². The molecule has 0 bridgehead atoms. The van der Waals surface area contributed by atoms with Gasteiger partial charge in [0, 0.05) is 6.42 Å². The van der Waals surface area contributed by atoms with Crippen LogP contribution in [0.2, 0.25) is 0 Å². The Hall–Kier alpha value is -2.88. The summed E-state index contributed by atoms with van der Waals surface area (Å²) >= 11 is 0. The lowest BCUT2D eigenvalue weighted by Crippen LogP contribution is -2.04. The highest BCUT2D eigenvalue weighted by atomic mass is 19.1. The molecule has 104 valence electrons. The predicted octanol–water partition coefficient (Wildman–Crippen LogP) is 2.17. The van der Waals surface area contributed by atoms with E-state index < -0.39 is 11.6 Å². The van der Waals surface area contributed by atoms with Gasteiger partial charge in [0.15, 0.2) is 11.3 Å². The number of fused-ring (bicyclic) bond motifs is 1. The zero-order valence-corrected chi connectivity index (χ0v) is 11.0. The van der Waals surface area contributed by atoms with E-state index in [1.807, 2.05) is 6.07 Å². The summed E-state index contributed by atoms with van der Waals surface area (Å²) in [6.07, 6.45) is 2.77. The summed E-state index contributed by atoms with van der Waals surface area (Å²) in [5.74, 6) is -1.00. The van der Waals surface area contributed by atoms with Crippen LogP contribution in [0.1, 0.15) is 22.5 Å². The van der Waals surface area contributed by atoms with E-state index in [2.05, 4.69) is 15.1 Å². The SMILES string of the molecule is Cc1cc(F)c(Cc2nc(C#N)cn3ncnc23)cc1F. The summed E-state index contributed by atoms with van der Waals surface area (Å²) in [6, 6.07) is 4.18. The highest BCUT2D eigenvalue weighted by molar-refractivity contribution is 5.46. The van der Waals surface area contributed by atoms with Gasteiger partial charge in [-0.3, -0.25) is 0 Å². The van der Waals surface area contributed by atoms with Gasteiger partial charge < -0.3 is 0 Å². The van der Waals surface area contributed by atoms with E-state index in [4.69, 9.17) is 5.26 Å². The third kappa shape index (κ3) is 2.31. The van der Waals surface area contributed by atoms with Crippen LogP contribution < -0.4 is 0 Å². The second kappa shape index (κ2) is 4.90. The molecule has 0 unspecified atom stereocenters. The number of rotatable bonds is 2. The van der Waals surface area contributed by atoms with E-state index in [1.54, 1.807) is 0 Å². The first-order valence-corrected chi connectivity index (χ1v) is 6.12. The number of hydrogen-bond acceptors (Lipinski definition) is 4. The van der Waals surface area contributed by atoms with Crippen LogP contribution in [0.4, 0.5) is 8.78 Å². The summed E-state index contributed by atoms with van der Waals surface area (Å²) in [6.45, 7) is 1.49. The van der Waals surface area contributed by atoms with E-state index in [9.17, 15) is 8.78 Å². The third-order valence-corrected chi connectivity index (χ3v) is 3.13. The normalized spacial score (nSPS) is 10.8. The molecule has 0 atom stereocenters. The Morgan fingerprint density at radius 3 is 2.86 bits per heavy atom. The second-order valence-electron chi connectivity index (χ2n) is 4.58. The number of aromatic nitrogens is 4. The van der Waals surface area contributed by atoms with Crippen molar-refractivity contribution in [2.75, 3.05) is 0 Å². The fraction of sp³-hybridized carbons (Fsp3) is 0.143. The first kappa shape index (κ1) is 13.1. The largest absolute Gasteiger partial charge is 0.236 e. The Kier molecular flexibility index (Phi) is 3.06. The maximum absolute atomic E-state index is 13.9. The van der Waals surface area contributed by atoms with Crippen molar-refractivity contribution < 1.29 is 8.78 Å². The molecule has 1 aromatic carbocycles. The highest BCUT2D eigenvalue weighted by Gasteiger charge is 2.13. The standard InChI is InChI=1S/C14H9F2N5/c1-8-2-12(16)9(3-11(8)15)4-13-14-18-7-19-21(14)6-10(5-17)20-13/h2-3,6-7H,4H2,1H3. The van der Waals surface area contributed by atoms with Crippen LogP contribution in [0.25, 0.3) is 5.65 Å². The topological polar surface area (TPSA) is 66.9 Å². The van der Waals surface area contributed by atoms with Crippen molar-refractivity contribution in [1.29, 1.82) is 5.26 Å². The molecule has 3 rings (SSSR count). The minimum Gasteiger partial charge on any atom is -0.236 e. The fourth-order valence-electron chi connectivity index (χ4n) is 2.07. The van der Waals surface area contributed by atoms with Crippen molar-refractivity contribution >= 4 is 5.65 Å². The minimum atomic E-state index is -0.518. The lowest BCUT2D eigenvalue weighted by Gasteiger charge is -2.06. The summed E-state index contributed by atoms with van der Waals surface area (Å²) < 4.78 is 28.9. The molecule has 0 saturated carbocycles. The van der Waals surface area contributed by atoms with Gasteiger partial charge in [0.1, 0.15) is 24.0 Å². The van der Waals surface area contributed by atoms with Gasteiger partial charge in [-0.15, -0.1) is 0 Å². The van der Waals surface area contributed by atoms with Crippen molar-refractivity contribution in [2.24, 2.45) is 0 Å². The van der Waals surface area contributed by atoms with Crippen LogP contribution in [0.3, 0.4) is 0 Å². The van der Waals surface area contributed by atoms with Gasteiger partial charge in [0.2, 0.25) is 0 Å². The molecule has 7 heteroatoms. The first-order valence-electron chi connectivity index (χ1n) is 6.12. The molecular formula is C14H9F2N5. The first-order chi connectivity index (χ1) is 10.1. The Morgan fingerprint density at radius 1 is 1.29 bits per heavy atom.